The number of halogens is 1. The van der Waals surface area contributed by atoms with Gasteiger partial charge in [-0.05, 0) is 54.9 Å². The zero-order chi connectivity index (χ0) is 17.6. The van der Waals surface area contributed by atoms with E-state index in [-0.39, 0.29) is 5.56 Å². The van der Waals surface area contributed by atoms with Crippen LogP contribution >= 0.6 is 15.9 Å². The van der Waals surface area contributed by atoms with E-state index in [0.717, 1.165) is 0 Å². The van der Waals surface area contributed by atoms with E-state index in [1.54, 1.807) is 32.9 Å². The molecule has 0 atom stereocenters. The van der Waals surface area contributed by atoms with Crippen LogP contribution in [0.3, 0.4) is 0 Å². The molecular weight excluding hydrogens is 368 g/mol. The lowest BCUT2D eigenvalue weighted by atomic mass is 10.1. The third-order valence-electron chi connectivity index (χ3n) is 2.47. The molecule has 0 unspecified atom stereocenters. The molecule has 0 saturated carbocycles. The molecule has 1 aromatic rings. The van der Waals surface area contributed by atoms with Crippen LogP contribution in [0, 0.1) is 0 Å². The predicted molar refractivity (Wildman–Crippen MR) is 87.4 cm³/mol. The Hall–Kier alpha value is -2.09. The van der Waals surface area contributed by atoms with Gasteiger partial charge in [0.1, 0.15) is 5.75 Å². The summed E-state index contributed by atoms with van der Waals surface area (Å²) in [6.07, 6.45) is 0. The Morgan fingerprint density at radius 2 is 1.87 bits per heavy atom. The first kappa shape index (κ1) is 19.0. The van der Waals surface area contributed by atoms with Gasteiger partial charge in [-0.15, -0.1) is 0 Å². The third-order valence-corrected chi connectivity index (χ3v) is 3.16. The number of hydrogen-bond donors (Lipinski definition) is 2. The number of hydrogen-bond acceptors (Lipinski definition) is 5. The van der Waals surface area contributed by atoms with E-state index in [9.17, 15) is 14.4 Å². The van der Waals surface area contributed by atoms with Crippen LogP contribution in [0.4, 0.5) is 4.79 Å². The van der Waals surface area contributed by atoms with Crippen LogP contribution in [0.1, 0.15) is 31.1 Å². The molecule has 23 heavy (non-hydrogen) atoms. The maximum Gasteiger partial charge on any atom is 0.339 e. The van der Waals surface area contributed by atoms with Gasteiger partial charge in [0, 0.05) is 10.0 Å². The molecule has 126 valence electrons. The summed E-state index contributed by atoms with van der Waals surface area (Å²) in [5, 5.41) is 4.64. The highest BCUT2D eigenvalue weighted by Gasteiger charge is 2.18. The fourth-order valence-corrected chi connectivity index (χ4v) is 1.94. The standard InChI is InChI=1S/C15H19BrN2O5/c1-15(2,3)18-14(21)17-12(19)8-23-13(20)10-7-9(22-4)5-6-11(10)16/h5-7H,8H2,1-4H3,(H2,17,18,19,21). The zero-order valence-electron chi connectivity index (χ0n) is 13.4. The second-order valence-electron chi connectivity index (χ2n) is 5.67. The number of benzene rings is 1. The first-order chi connectivity index (χ1) is 10.6. The van der Waals surface area contributed by atoms with Gasteiger partial charge in [0.15, 0.2) is 6.61 Å². The van der Waals surface area contributed by atoms with Gasteiger partial charge in [-0.1, -0.05) is 0 Å². The maximum absolute atomic E-state index is 12.0. The Labute approximate surface area is 142 Å². The van der Waals surface area contributed by atoms with E-state index >= 15 is 0 Å². The number of ether oxygens (including phenoxy) is 2. The van der Waals surface area contributed by atoms with Crippen molar-refractivity contribution in [1.82, 2.24) is 10.6 Å². The molecule has 0 heterocycles. The molecule has 0 saturated heterocycles. The van der Waals surface area contributed by atoms with Gasteiger partial charge >= 0.3 is 12.0 Å². The van der Waals surface area contributed by atoms with Crippen molar-refractivity contribution in [2.75, 3.05) is 13.7 Å². The predicted octanol–water partition coefficient (Wildman–Crippen LogP) is 2.24. The van der Waals surface area contributed by atoms with Crippen LogP contribution in [0.15, 0.2) is 22.7 Å². The second kappa shape index (κ2) is 7.96. The van der Waals surface area contributed by atoms with Gasteiger partial charge in [0.05, 0.1) is 12.7 Å². The van der Waals surface area contributed by atoms with Crippen molar-refractivity contribution in [2.45, 2.75) is 26.3 Å². The number of urea groups is 1. The summed E-state index contributed by atoms with van der Waals surface area (Å²) in [7, 11) is 1.47. The summed E-state index contributed by atoms with van der Waals surface area (Å²) >= 11 is 3.22. The number of carbonyl (C=O) groups is 3. The van der Waals surface area contributed by atoms with E-state index in [2.05, 4.69) is 26.6 Å². The first-order valence-corrected chi connectivity index (χ1v) is 7.54. The maximum atomic E-state index is 12.0. The fraction of sp³-hybridized carbons (Fsp3) is 0.400. The normalized spacial score (nSPS) is 10.7. The Bertz CT molecular complexity index is 610. The van der Waals surface area contributed by atoms with E-state index in [0.29, 0.717) is 10.2 Å². The van der Waals surface area contributed by atoms with Crippen LogP contribution in [0.25, 0.3) is 0 Å². The van der Waals surface area contributed by atoms with Gasteiger partial charge < -0.3 is 14.8 Å². The molecule has 8 heteroatoms. The summed E-state index contributed by atoms with van der Waals surface area (Å²) in [4.78, 5) is 35.1. The largest absolute Gasteiger partial charge is 0.497 e. The van der Waals surface area contributed by atoms with Crippen molar-refractivity contribution >= 4 is 33.8 Å². The lowest BCUT2D eigenvalue weighted by molar-refractivity contribution is -0.123. The van der Waals surface area contributed by atoms with Gasteiger partial charge in [0.2, 0.25) is 0 Å². The van der Waals surface area contributed by atoms with Gasteiger partial charge in [-0.25, -0.2) is 9.59 Å². The molecule has 1 rings (SSSR count). The molecule has 0 radical (unpaired) electrons. The molecule has 0 aliphatic heterocycles. The molecule has 1 aromatic carbocycles. The number of esters is 1. The third kappa shape index (κ3) is 6.68. The SMILES string of the molecule is COc1ccc(Br)c(C(=O)OCC(=O)NC(=O)NC(C)(C)C)c1. The van der Waals surface area contributed by atoms with Crippen LogP contribution in [0.2, 0.25) is 0 Å². The quantitative estimate of drug-likeness (QED) is 0.773. The average Bonchev–Trinajstić information content (AvgIpc) is 2.43. The van der Waals surface area contributed by atoms with Crippen molar-refractivity contribution in [3.05, 3.63) is 28.2 Å². The molecule has 0 aromatic heterocycles. The molecule has 0 bridgehead atoms. The molecule has 0 spiro atoms. The first-order valence-electron chi connectivity index (χ1n) is 6.75. The van der Waals surface area contributed by atoms with Crippen LogP contribution in [-0.2, 0) is 9.53 Å². The number of amides is 3. The van der Waals surface area contributed by atoms with E-state index in [4.69, 9.17) is 9.47 Å². The molecule has 2 N–H and O–H groups in total. The summed E-state index contributed by atoms with van der Waals surface area (Å²) in [5.41, 5.74) is -0.261. The number of nitrogens with one attached hydrogen (secondary N) is 2. The van der Waals surface area contributed by atoms with Gasteiger partial charge in [-0.3, -0.25) is 10.1 Å². The lowest BCUT2D eigenvalue weighted by Crippen LogP contribution is -2.49. The summed E-state index contributed by atoms with van der Waals surface area (Å²) in [6.45, 7) is 4.76. The summed E-state index contributed by atoms with van der Waals surface area (Å²) in [5.74, 6) is -0.949. The summed E-state index contributed by atoms with van der Waals surface area (Å²) < 4.78 is 10.4. The Morgan fingerprint density at radius 1 is 1.22 bits per heavy atom. The molecular formula is C15H19BrN2O5. The Kier molecular flexibility index (Phi) is 6.56. The van der Waals surface area contributed by atoms with Crippen molar-refractivity contribution in [2.24, 2.45) is 0 Å². The minimum Gasteiger partial charge on any atom is -0.497 e. The van der Waals surface area contributed by atoms with Crippen molar-refractivity contribution in [1.29, 1.82) is 0 Å². The Morgan fingerprint density at radius 3 is 2.43 bits per heavy atom. The fourth-order valence-electron chi connectivity index (χ4n) is 1.53. The van der Waals surface area contributed by atoms with Crippen LogP contribution in [0.5, 0.6) is 5.75 Å². The van der Waals surface area contributed by atoms with Crippen LogP contribution in [-0.4, -0.2) is 37.2 Å². The van der Waals surface area contributed by atoms with Gasteiger partial charge in [-0.2, -0.15) is 0 Å². The highest BCUT2D eigenvalue weighted by atomic mass is 79.9. The highest BCUT2D eigenvalue weighted by molar-refractivity contribution is 9.10. The molecule has 0 aliphatic carbocycles. The average molecular weight is 387 g/mol. The van der Waals surface area contributed by atoms with E-state index in [1.807, 2.05) is 0 Å². The van der Waals surface area contributed by atoms with Crippen molar-refractivity contribution < 1.29 is 23.9 Å². The van der Waals surface area contributed by atoms with Gasteiger partial charge in [0.25, 0.3) is 5.91 Å². The number of methoxy groups -OCH3 is 1. The molecule has 3 amide bonds. The van der Waals surface area contributed by atoms with Crippen LogP contribution < -0.4 is 15.4 Å². The highest BCUT2D eigenvalue weighted by Crippen LogP contribution is 2.23. The number of carbonyl (C=O) groups excluding carboxylic acids is 3. The molecule has 7 nitrogen and oxygen atoms in total. The number of imide groups is 1. The smallest absolute Gasteiger partial charge is 0.339 e. The minimum atomic E-state index is -0.723. The van der Waals surface area contributed by atoms with E-state index in [1.165, 1.54) is 13.2 Å². The summed E-state index contributed by atoms with van der Waals surface area (Å²) in [6, 6.07) is 4.13. The molecule has 0 fully saturated rings. The minimum absolute atomic E-state index is 0.219. The Balaban J connectivity index is 2.56. The lowest BCUT2D eigenvalue weighted by Gasteiger charge is -2.20. The zero-order valence-corrected chi connectivity index (χ0v) is 14.9. The monoisotopic (exact) mass is 386 g/mol. The van der Waals surface area contributed by atoms with E-state index < -0.39 is 30.1 Å². The van der Waals surface area contributed by atoms with Crippen molar-refractivity contribution in [3.63, 3.8) is 0 Å². The van der Waals surface area contributed by atoms with Crippen molar-refractivity contribution in [3.8, 4) is 5.75 Å². The molecule has 0 aliphatic rings. The topological polar surface area (TPSA) is 93.7 Å². The second-order valence-corrected chi connectivity index (χ2v) is 6.53. The number of rotatable bonds is 4.